The van der Waals surface area contributed by atoms with Crippen molar-refractivity contribution in [2.75, 3.05) is 6.61 Å². The maximum Gasteiger partial charge on any atom is 0.345 e. The van der Waals surface area contributed by atoms with Gasteiger partial charge in [-0.2, -0.15) is 0 Å². The van der Waals surface area contributed by atoms with E-state index < -0.39 is 12.1 Å². The Bertz CT molecular complexity index is 662. The van der Waals surface area contributed by atoms with Gasteiger partial charge in [-0.1, -0.05) is 44.2 Å². The molecule has 0 spiro atoms. The fourth-order valence-corrected chi connectivity index (χ4v) is 2.50. The average molecular weight is 328 g/mol. The zero-order valence-corrected chi connectivity index (χ0v) is 14.4. The number of carbonyl (C=O) groups is 1. The molecule has 128 valence electrons. The van der Waals surface area contributed by atoms with E-state index >= 15 is 0 Å². The Hall–Kier alpha value is -2.49. The van der Waals surface area contributed by atoms with Gasteiger partial charge in [-0.05, 0) is 42.2 Å². The van der Waals surface area contributed by atoms with E-state index in [1.807, 2.05) is 55.5 Å². The van der Waals surface area contributed by atoms with Crippen molar-refractivity contribution < 1.29 is 19.4 Å². The van der Waals surface area contributed by atoms with Gasteiger partial charge in [0.25, 0.3) is 0 Å². The van der Waals surface area contributed by atoms with Crippen molar-refractivity contribution in [2.45, 2.75) is 39.2 Å². The zero-order chi connectivity index (χ0) is 17.5. The molecule has 0 heterocycles. The standard InChI is InChI=1S/C20H24O4/c1-4-23-16-11-9-15(10-12-16)13-19(20(21)22)24-18-8-6-5-7-17(18)14(2)3/h5-12,14,19H,4,13H2,1-3H3,(H,21,22)/t19-/m1/s1. The first-order valence-corrected chi connectivity index (χ1v) is 8.21. The van der Waals surface area contributed by atoms with Gasteiger partial charge in [0.05, 0.1) is 6.61 Å². The number of carboxylic acid groups (broad SMARTS) is 1. The monoisotopic (exact) mass is 328 g/mol. The van der Waals surface area contributed by atoms with Gasteiger partial charge in [0.1, 0.15) is 11.5 Å². The molecule has 0 amide bonds. The first-order chi connectivity index (χ1) is 11.5. The molecule has 24 heavy (non-hydrogen) atoms. The quantitative estimate of drug-likeness (QED) is 0.785. The zero-order valence-electron chi connectivity index (χ0n) is 14.4. The van der Waals surface area contributed by atoms with Gasteiger partial charge in [-0.25, -0.2) is 4.79 Å². The van der Waals surface area contributed by atoms with Crippen LogP contribution >= 0.6 is 0 Å². The molecule has 0 aliphatic rings. The van der Waals surface area contributed by atoms with Crippen LogP contribution in [0.3, 0.4) is 0 Å². The minimum absolute atomic E-state index is 0.265. The molecule has 0 unspecified atom stereocenters. The Labute approximate surface area is 143 Å². The highest BCUT2D eigenvalue weighted by Crippen LogP contribution is 2.27. The summed E-state index contributed by atoms with van der Waals surface area (Å²) in [5.74, 6) is 0.702. The van der Waals surface area contributed by atoms with Crippen molar-refractivity contribution in [3.8, 4) is 11.5 Å². The minimum Gasteiger partial charge on any atom is -0.494 e. The summed E-state index contributed by atoms with van der Waals surface area (Å²) in [7, 11) is 0. The topological polar surface area (TPSA) is 55.8 Å². The van der Waals surface area contributed by atoms with E-state index in [2.05, 4.69) is 13.8 Å². The maximum absolute atomic E-state index is 11.6. The van der Waals surface area contributed by atoms with E-state index in [1.54, 1.807) is 0 Å². The van der Waals surface area contributed by atoms with Crippen LogP contribution in [-0.2, 0) is 11.2 Å². The van der Waals surface area contributed by atoms with E-state index in [9.17, 15) is 9.90 Å². The fourth-order valence-electron chi connectivity index (χ4n) is 2.50. The normalized spacial score (nSPS) is 12.0. The van der Waals surface area contributed by atoms with Crippen LogP contribution in [0.25, 0.3) is 0 Å². The van der Waals surface area contributed by atoms with Crippen molar-refractivity contribution >= 4 is 5.97 Å². The predicted octanol–water partition coefficient (Wildman–Crippen LogP) is 4.28. The van der Waals surface area contributed by atoms with Crippen LogP contribution in [0.1, 0.15) is 37.8 Å². The third-order valence-corrected chi connectivity index (χ3v) is 3.74. The van der Waals surface area contributed by atoms with Gasteiger partial charge in [0, 0.05) is 6.42 Å². The van der Waals surface area contributed by atoms with Gasteiger partial charge < -0.3 is 14.6 Å². The van der Waals surface area contributed by atoms with E-state index in [0.29, 0.717) is 18.8 Å². The largest absolute Gasteiger partial charge is 0.494 e. The predicted molar refractivity (Wildman–Crippen MR) is 93.9 cm³/mol. The number of rotatable bonds is 8. The smallest absolute Gasteiger partial charge is 0.345 e. The Morgan fingerprint density at radius 3 is 2.33 bits per heavy atom. The van der Waals surface area contributed by atoms with Gasteiger partial charge in [-0.3, -0.25) is 0 Å². The molecule has 0 aromatic heterocycles. The summed E-state index contributed by atoms with van der Waals surface area (Å²) < 4.78 is 11.2. The average Bonchev–Trinajstić information content (AvgIpc) is 2.56. The third kappa shape index (κ3) is 4.75. The molecular weight excluding hydrogens is 304 g/mol. The molecule has 4 heteroatoms. The van der Waals surface area contributed by atoms with Crippen molar-refractivity contribution in [2.24, 2.45) is 0 Å². The minimum atomic E-state index is -0.970. The molecule has 0 saturated heterocycles. The molecule has 2 aromatic carbocycles. The first-order valence-electron chi connectivity index (χ1n) is 8.21. The number of ether oxygens (including phenoxy) is 2. The molecule has 1 N–H and O–H groups in total. The SMILES string of the molecule is CCOc1ccc(C[C@@H](Oc2ccccc2C(C)C)C(=O)O)cc1. The number of benzene rings is 2. The summed E-state index contributed by atoms with van der Waals surface area (Å²) in [4.78, 5) is 11.6. The molecule has 0 radical (unpaired) electrons. The Morgan fingerprint density at radius 1 is 1.08 bits per heavy atom. The van der Waals surface area contributed by atoms with Gasteiger partial charge >= 0.3 is 5.97 Å². The summed E-state index contributed by atoms with van der Waals surface area (Å²) >= 11 is 0. The summed E-state index contributed by atoms with van der Waals surface area (Å²) in [6.45, 7) is 6.65. The lowest BCUT2D eigenvalue weighted by Gasteiger charge is -2.19. The second kappa shape index (κ2) is 8.39. The van der Waals surface area contributed by atoms with Crippen LogP contribution < -0.4 is 9.47 Å². The van der Waals surface area contributed by atoms with Crippen molar-refractivity contribution in [1.82, 2.24) is 0 Å². The lowest BCUT2D eigenvalue weighted by molar-refractivity contribution is -0.145. The number of para-hydroxylation sites is 1. The Morgan fingerprint density at radius 2 is 1.75 bits per heavy atom. The van der Waals surface area contributed by atoms with Gasteiger partial charge in [-0.15, -0.1) is 0 Å². The number of carboxylic acids is 1. The van der Waals surface area contributed by atoms with Crippen LogP contribution in [0.4, 0.5) is 0 Å². The van der Waals surface area contributed by atoms with Crippen LogP contribution in [0, 0.1) is 0 Å². The van der Waals surface area contributed by atoms with E-state index in [4.69, 9.17) is 9.47 Å². The summed E-state index contributed by atoms with van der Waals surface area (Å²) in [5, 5.41) is 9.51. The van der Waals surface area contributed by atoms with Crippen LogP contribution in [0.2, 0.25) is 0 Å². The summed E-state index contributed by atoms with van der Waals surface area (Å²) in [6, 6.07) is 15.0. The van der Waals surface area contributed by atoms with Crippen molar-refractivity contribution in [3.63, 3.8) is 0 Å². The molecule has 0 aliphatic heterocycles. The fraction of sp³-hybridized carbons (Fsp3) is 0.350. The number of hydrogen-bond acceptors (Lipinski definition) is 3. The van der Waals surface area contributed by atoms with Crippen molar-refractivity contribution in [1.29, 1.82) is 0 Å². The highest BCUT2D eigenvalue weighted by Gasteiger charge is 2.22. The first kappa shape index (κ1) is 17.9. The molecule has 0 bridgehead atoms. The van der Waals surface area contributed by atoms with E-state index in [0.717, 1.165) is 16.9 Å². The highest BCUT2D eigenvalue weighted by molar-refractivity contribution is 5.73. The second-order valence-corrected chi connectivity index (χ2v) is 5.92. The molecule has 1 atom stereocenters. The van der Waals surface area contributed by atoms with Crippen LogP contribution in [0.15, 0.2) is 48.5 Å². The van der Waals surface area contributed by atoms with E-state index in [1.165, 1.54) is 0 Å². The van der Waals surface area contributed by atoms with Gasteiger partial charge in [0.15, 0.2) is 6.10 Å². The molecule has 4 nitrogen and oxygen atoms in total. The maximum atomic E-state index is 11.6. The highest BCUT2D eigenvalue weighted by atomic mass is 16.5. The lowest BCUT2D eigenvalue weighted by atomic mass is 10.0. The Balaban J connectivity index is 2.14. The third-order valence-electron chi connectivity index (χ3n) is 3.74. The molecule has 0 fully saturated rings. The number of hydrogen-bond donors (Lipinski definition) is 1. The van der Waals surface area contributed by atoms with Crippen LogP contribution in [-0.4, -0.2) is 23.8 Å². The van der Waals surface area contributed by atoms with Crippen molar-refractivity contribution in [3.05, 3.63) is 59.7 Å². The van der Waals surface area contributed by atoms with Crippen LogP contribution in [0.5, 0.6) is 11.5 Å². The summed E-state index contributed by atoms with van der Waals surface area (Å²) in [6.07, 6.45) is -0.628. The Kier molecular flexibility index (Phi) is 6.24. The summed E-state index contributed by atoms with van der Waals surface area (Å²) in [5.41, 5.74) is 1.91. The van der Waals surface area contributed by atoms with Gasteiger partial charge in [0.2, 0.25) is 0 Å². The number of aliphatic carboxylic acids is 1. The molecule has 2 aromatic rings. The molecule has 0 saturated carbocycles. The second-order valence-electron chi connectivity index (χ2n) is 5.92. The molecule has 2 rings (SSSR count). The molecular formula is C20H24O4. The van der Waals surface area contributed by atoms with E-state index in [-0.39, 0.29) is 5.92 Å². The lowest BCUT2D eigenvalue weighted by Crippen LogP contribution is -2.29. The molecule has 0 aliphatic carbocycles.